The highest BCUT2D eigenvalue weighted by molar-refractivity contribution is 14.1. The number of carbonyl (C=O) groups excluding carboxylic acids is 2. The summed E-state index contributed by atoms with van der Waals surface area (Å²) in [6.45, 7) is 9.64. The zero-order valence-electron chi connectivity index (χ0n) is 39.0. The first-order valence-corrected chi connectivity index (χ1v) is 32.2. The number of allylic oxidation sites excluding steroid dienone is 8. The number of rotatable bonds is 16. The van der Waals surface area contributed by atoms with E-state index in [0.717, 1.165) is 60.9 Å². The molecular formula is C51H51I6N4O8S2+. The molecule has 12 nitrogen and oxygen atoms in total. The Labute approximate surface area is 498 Å². The third-order valence-electron chi connectivity index (χ3n) is 13.1. The van der Waals surface area contributed by atoms with E-state index in [1.807, 2.05) is 91.9 Å². The number of carbonyl (C=O) groups is 2. The van der Waals surface area contributed by atoms with Crippen LogP contribution in [0.2, 0.25) is 0 Å². The van der Waals surface area contributed by atoms with Gasteiger partial charge in [-0.05, 0) is 224 Å². The molecule has 4 aromatic rings. The van der Waals surface area contributed by atoms with Gasteiger partial charge >= 0.3 is 0 Å². The molecule has 0 aliphatic carbocycles. The highest BCUT2D eigenvalue weighted by atomic mass is 127. The second-order valence-corrected chi connectivity index (χ2v) is 28.0. The Morgan fingerprint density at radius 2 is 1.37 bits per heavy atom. The van der Waals surface area contributed by atoms with Gasteiger partial charge in [0, 0.05) is 81.3 Å². The number of aryl methyl sites for hydroxylation is 1. The molecule has 2 unspecified atom stereocenters. The van der Waals surface area contributed by atoms with Crippen LogP contribution in [0.1, 0.15) is 79.1 Å². The zero-order valence-corrected chi connectivity index (χ0v) is 53.6. The number of fused-ring (bicyclic) bond motifs is 2. The molecule has 71 heavy (non-hydrogen) atoms. The van der Waals surface area contributed by atoms with Crippen LogP contribution in [0.5, 0.6) is 0 Å². The molecule has 2 amide bonds. The summed E-state index contributed by atoms with van der Waals surface area (Å²) in [4.78, 5) is 31.4. The van der Waals surface area contributed by atoms with Crippen molar-refractivity contribution in [3.8, 4) is 0 Å². The van der Waals surface area contributed by atoms with Gasteiger partial charge in [-0.1, -0.05) is 60.2 Å². The standard InChI is InChI=1S/C51H50I6N4O8S2/c1-31-16-22-34(23-17-31)58-48(62)37-13-10-24-61(37)49(63)32-18-20-33(21-19-32)51(4)41(60(26-12-28-71(67,68)69)39-30-36(53)45(55)47(57)43(39)51)15-9-7-5-6-8-14-40-50(2,3)42-38(29-35(52)44(54)46(42)56)59(40)25-11-27-70(64,65)66/h5-9,14-23,29-30,37H,10-13,24-28H2,1-4H3,(H2-,58,62,64,65,66,67,68,69)/p+1. The van der Waals surface area contributed by atoms with Crippen LogP contribution >= 0.6 is 136 Å². The molecule has 0 saturated carbocycles. The Bertz CT molecular complexity index is 3170. The van der Waals surface area contributed by atoms with Gasteiger partial charge in [-0.2, -0.15) is 21.4 Å². The summed E-state index contributed by atoms with van der Waals surface area (Å²) in [5, 5.41) is 2.99. The maximum absolute atomic E-state index is 14.2. The second kappa shape index (κ2) is 23.4. The fourth-order valence-corrected chi connectivity index (χ4v) is 16.0. The lowest BCUT2D eigenvalue weighted by molar-refractivity contribution is -0.437. The molecule has 1 fully saturated rings. The fourth-order valence-electron chi connectivity index (χ4n) is 9.67. The van der Waals surface area contributed by atoms with Crippen molar-refractivity contribution in [2.45, 2.75) is 70.3 Å². The van der Waals surface area contributed by atoms with Gasteiger partial charge < -0.3 is 15.1 Å². The number of nitrogens with zero attached hydrogens (tertiary/aromatic N) is 3. The summed E-state index contributed by atoms with van der Waals surface area (Å²) in [5.74, 6) is -1.17. The molecule has 1 saturated heterocycles. The number of hydrogen-bond acceptors (Lipinski definition) is 7. The van der Waals surface area contributed by atoms with Gasteiger partial charge in [0.15, 0.2) is 5.71 Å². The first-order valence-electron chi connectivity index (χ1n) is 22.5. The third-order valence-corrected chi connectivity index (χ3v) is 24.9. The average molecular weight is 1670 g/mol. The molecule has 4 aromatic carbocycles. The van der Waals surface area contributed by atoms with Crippen LogP contribution in [0.3, 0.4) is 0 Å². The summed E-state index contributed by atoms with van der Waals surface area (Å²) in [5.41, 5.74) is 8.01. The van der Waals surface area contributed by atoms with E-state index in [4.69, 9.17) is 0 Å². The van der Waals surface area contributed by atoms with Gasteiger partial charge in [0.1, 0.15) is 12.6 Å². The van der Waals surface area contributed by atoms with Crippen LogP contribution in [0.4, 0.5) is 17.1 Å². The quantitative estimate of drug-likeness (QED) is 0.0326. The molecule has 0 aromatic heterocycles. The van der Waals surface area contributed by atoms with Crippen LogP contribution < -0.4 is 10.2 Å². The maximum Gasteiger partial charge on any atom is 0.265 e. The Hall–Kier alpha value is -1.55. The minimum Gasteiger partial charge on any atom is -0.344 e. The predicted octanol–water partition coefficient (Wildman–Crippen LogP) is 12.2. The van der Waals surface area contributed by atoms with Crippen molar-refractivity contribution in [2.24, 2.45) is 0 Å². The normalized spacial score (nSPS) is 19.5. The van der Waals surface area contributed by atoms with Gasteiger partial charge in [0.25, 0.3) is 26.1 Å². The van der Waals surface area contributed by atoms with Crippen molar-refractivity contribution < 1.29 is 40.1 Å². The van der Waals surface area contributed by atoms with Crippen molar-refractivity contribution in [2.75, 3.05) is 41.4 Å². The largest absolute Gasteiger partial charge is 0.344 e. The molecule has 3 N–H and O–H groups in total. The molecule has 0 bridgehead atoms. The van der Waals surface area contributed by atoms with E-state index in [0.29, 0.717) is 43.7 Å². The van der Waals surface area contributed by atoms with Crippen molar-refractivity contribution >= 4 is 190 Å². The minimum absolute atomic E-state index is 0.171. The first-order chi connectivity index (χ1) is 33.3. The SMILES string of the molecule is Cc1ccc(NC(=O)C2CCCN2C(=O)c2ccc(C3(C)/C(=C/C=C/C=C/C=C/C4=[N+](CCCS(=O)(=O)O)c5cc(I)c(I)c(I)c5C4(C)C)N(CCCS(=O)(=O)O)c4cc(I)c(I)c(I)c43)cc2)cc1. The summed E-state index contributed by atoms with van der Waals surface area (Å²) in [6.07, 6.45) is 15.5. The summed E-state index contributed by atoms with van der Waals surface area (Å²) >= 11 is 14.2. The number of benzene rings is 4. The number of hydrogen-bond donors (Lipinski definition) is 3. The number of halogens is 6. The van der Waals surface area contributed by atoms with E-state index in [1.54, 1.807) is 4.90 Å². The first kappa shape index (κ1) is 57.2. The minimum atomic E-state index is -4.22. The van der Waals surface area contributed by atoms with Crippen LogP contribution in [-0.2, 0) is 35.9 Å². The lowest BCUT2D eigenvalue weighted by atomic mass is 9.75. The summed E-state index contributed by atoms with van der Waals surface area (Å²) in [7, 11) is -8.35. The molecule has 0 radical (unpaired) electrons. The number of anilines is 2. The zero-order chi connectivity index (χ0) is 51.8. The van der Waals surface area contributed by atoms with E-state index < -0.39 is 42.9 Å². The summed E-state index contributed by atoms with van der Waals surface area (Å²) < 4.78 is 75.4. The molecule has 0 spiro atoms. The van der Waals surface area contributed by atoms with Gasteiger partial charge in [-0.25, -0.2) is 0 Å². The molecule has 3 aliphatic rings. The highest BCUT2D eigenvalue weighted by Gasteiger charge is 2.48. The van der Waals surface area contributed by atoms with E-state index in [1.165, 1.54) is 5.56 Å². The van der Waals surface area contributed by atoms with E-state index in [2.05, 4.69) is 189 Å². The Balaban J connectivity index is 1.21. The average Bonchev–Trinajstić information content (AvgIpc) is 3.94. The lowest BCUT2D eigenvalue weighted by Crippen LogP contribution is -2.43. The Kier molecular flexibility index (Phi) is 18.8. The Morgan fingerprint density at radius 3 is 2.01 bits per heavy atom. The Morgan fingerprint density at radius 1 is 0.775 bits per heavy atom. The smallest absolute Gasteiger partial charge is 0.265 e. The summed E-state index contributed by atoms with van der Waals surface area (Å²) in [6, 6.07) is 18.8. The van der Waals surface area contributed by atoms with Crippen molar-refractivity contribution in [3.05, 3.63) is 158 Å². The molecule has 376 valence electrons. The monoisotopic (exact) mass is 1670 g/mol. The molecule has 3 aliphatic heterocycles. The van der Waals surface area contributed by atoms with Gasteiger partial charge in [0.2, 0.25) is 11.6 Å². The van der Waals surface area contributed by atoms with Gasteiger partial charge in [0.05, 0.1) is 27.9 Å². The van der Waals surface area contributed by atoms with Crippen molar-refractivity contribution in [1.29, 1.82) is 0 Å². The number of nitrogens with one attached hydrogen (secondary N) is 1. The maximum atomic E-state index is 14.2. The van der Waals surface area contributed by atoms with Crippen molar-refractivity contribution in [3.63, 3.8) is 0 Å². The van der Waals surface area contributed by atoms with Crippen LogP contribution in [-0.4, -0.2) is 90.1 Å². The fraction of sp³-hybridized carbons (Fsp3) is 0.314. The van der Waals surface area contributed by atoms with Gasteiger partial charge in [-0.3, -0.25) is 18.7 Å². The van der Waals surface area contributed by atoms with E-state index in [-0.39, 0.29) is 30.4 Å². The highest BCUT2D eigenvalue weighted by Crippen LogP contribution is 2.55. The molecular weight excluding hydrogens is 1620 g/mol. The van der Waals surface area contributed by atoms with Crippen molar-refractivity contribution in [1.82, 2.24) is 4.90 Å². The van der Waals surface area contributed by atoms with Crippen LogP contribution in [0.25, 0.3) is 0 Å². The molecule has 7 rings (SSSR count). The second-order valence-electron chi connectivity index (χ2n) is 18.2. The van der Waals surface area contributed by atoms with Crippen LogP contribution in [0.15, 0.2) is 109 Å². The number of amides is 2. The lowest BCUT2D eigenvalue weighted by Gasteiger charge is -2.31. The number of likely N-dealkylation sites (tertiary alicyclic amines) is 1. The van der Waals surface area contributed by atoms with Crippen LogP contribution in [0, 0.1) is 28.3 Å². The third kappa shape index (κ3) is 12.7. The topological polar surface area (TPSA) is 164 Å². The van der Waals surface area contributed by atoms with E-state index in [9.17, 15) is 35.5 Å². The van der Waals surface area contributed by atoms with E-state index >= 15 is 0 Å². The molecule has 20 heteroatoms. The molecule has 2 atom stereocenters. The predicted molar refractivity (Wildman–Crippen MR) is 334 cm³/mol. The van der Waals surface area contributed by atoms with Gasteiger partial charge in [-0.15, -0.1) is 0 Å². The molecule has 3 heterocycles.